The molecule has 1 atom stereocenters. The van der Waals surface area contributed by atoms with Crippen LogP contribution in [-0.4, -0.2) is 55.8 Å². The number of halogens is 2. The van der Waals surface area contributed by atoms with Gasteiger partial charge in [-0.2, -0.15) is 5.26 Å². The Balaban J connectivity index is 1.08. The Morgan fingerprint density at radius 3 is 2.69 bits per heavy atom. The second-order valence-corrected chi connectivity index (χ2v) is 11.6. The number of nitrogens with one attached hydrogen (secondary N) is 2. The summed E-state index contributed by atoms with van der Waals surface area (Å²) >= 11 is 3.56. The molecular weight excluding hydrogens is 603 g/mol. The van der Waals surface area contributed by atoms with Gasteiger partial charge >= 0.3 is 0 Å². The van der Waals surface area contributed by atoms with Crippen LogP contribution in [0.5, 0.6) is 11.5 Å². The van der Waals surface area contributed by atoms with Crippen molar-refractivity contribution in [3.63, 3.8) is 0 Å². The average molecular weight is 638 g/mol. The summed E-state index contributed by atoms with van der Waals surface area (Å²) in [5.74, 6) is 0.215. The fraction of sp³-hybridized carbons (Fsp3) is 0.375. The normalized spacial score (nSPS) is 17.1. The molecule has 2 heterocycles. The lowest BCUT2D eigenvalue weighted by molar-refractivity contribution is -0.117. The number of likely N-dealkylation sites (tertiary alicyclic amines) is 1. The number of ether oxygens (including phenoxy) is 3. The van der Waals surface area contributed by atoms with Gasteiger partial charge in [-0.05, 0) is 79.8 Å². The van der Waals surface area contributed by atoms with Crippen molar-refractivity contribution in [3.8, 4) is 17.6 Å². The van der Waals surface area contributed by atoms with Gasteiger partial charge in [0.25, 0.3) is 0 Å². The molecule has 0 aliphatic carbocycles. The minimum absolute atomic E-state index is 0.0368. The first kappa shape index (κ1) is 29.8. The summed E-state index contributed by atoms with van der Waals surface area (Å²) in [5, 5.41) is 15.4. The first-order chi connectivity index (χ1) is 20.4. The molecule has 1 amide bonds. The Kier molecular flexibility index (Phi) is 9.95. The molecule has 1 unspecified atom stereocenters. The number of nitriles is 1. The second kappa shape index (κ2) is 14.0. The van der Waals surface area contributed by atoms with E-state index in [0.717, 1.165) is 77.7 Å². The molecule has 2 aliphatic rings. The number of rotatable bonds is 11. The summed E-state index contributed by atoms with van der Waals surface area (Å²) in [7, 11) is 0. The van der Waals surface area contributed by atoms with Crippen molar-refractivity contribution in [3.05, 3.63) is 81.6 Å². The Bertz CT molecular complexity index is 1450. The minimum atomic E-state index is -0.565. The van der Waals surface area contributed by atoms with Gasteiger partial charge in [0.1, 0.15) is 18.5 Å². The van der Waals surface area contributed by atoms with Crippen LogP contribution in [0.1, 0.15) is 36.0 Å². The number of hydrogen-bond acceptors (Lipinski definition) is 7. The van der Waals surface area contributed by atoms with Crippen molar-refractivity contribution >= 4 is 33.2 Å². The maximum atomic E-state index is 14.1. The smallest absolute Gasteiger partial charge is 0.238 e. The Morgan fingerprint density at radius 1 is 1.17 bits per heavy atom. The van der Waals surface area contributed by atoms with Gasteiger partial charge in [0.05, 0.1) is 35.7 Å². The van der Waals surface area contributed by atoms with E-state index in [1.165, 1.54) is 12.1 Å². The summed E-state index contributed by atoms with van der Waals surface area (Å²) in [6.45, 7) is 5.49. The van der Waals surface area contributed by atoms with Gasteiger partial charge in [0.15, 0.2) is 11.6 Å². The molecule has 220 valence electrons. The molecule has 2 aliphatic heterocycles. The zero-order valence-electron chi connectivity index (χ0n) is 23.5. The number of hydrogen-bond donors (Lipinski definition) is 2. The third kappa shape index (κ3) is 8.00. The lowest BCUT2D eigenvalue weighted by Gasteiger charge is -2.32. The maximum Gasteiger partial charge on any atom is 0.238 e. The summed E-state index contributed by atoms with van der Waals surface area (Å²) in [5.41, 5.74) is 3.76. The Hall–Kier alpha value is -3.65. The van der Waals surface area contributed by atoms with Crippen LogP contribution < -0.4 is 20.1 Å². The highest BCUT2D eigenvalue weighted by molar-refractivity contribution is 9.10. The van der Waals surface area contributed by atoms with Crippen molar-refractivity contribution < 1.29 is 23.4 Å². The van der Waals surface area contributed by atoms with Crippen LogP contribution in [0, 0.1) is 24.1 Å². The predicted molar refractivity (Wildman–Crippen MR) is 162 cm³/mol. The van der Waals surface area contributed by atoms with E-state index in [0.29, 0.717) is 13.1 Å². The SMILES string of the molecule is Cc1cc(Br)cc(NCC2CCO2)c1NC(=O)CN1CCC(Oc2cccc(COc3ccc(C#N)cc3F)c2)CC1. The lowest BCUT2D eigenvalue weighted by Crippen LogP contribution is -2.42. The number of carbonyl (C=O) groups excluding carboxylic acids is 1. The van der Waals surface area contributed by atoms with E-state index in [-0.39, 0.29) is 36.0 Å². The first-order valence-corrected chi connectivity index (χ1v) is 14.9. The number of anilines is 2. The molecule has 0 bridgehead atoms. The number of aryl methyl sites for hydroxylation is 1. The first-order valence-electron chi connectivity index (χ1n) is 14.1. The summed E-state index contributed by atoms with van der Waals surface area (Å²) in [4.78, 5) is 15.2. The number of nitrogens with zero attached hydrogens (tertiary/aromatic N) is 2. The van der Waals surface area contributed by atoms with E-state index in [2.05, 4.69) is 31.5 Å². The van der Waals surface area contributed by atoms with Crippen molar-refractivity contribution in [1.29, 1.82) is 5.26 Å². The summed E-state index contributed by atoms with van der Waals surface area (Å²) in [6.07, 6.45) is 2.90. The molecule has 5 rings (SSSR count). The molecule has 3 aromatic rings. The van der Waals surface area contributed by atoms with Crippen molar-refractivity contribution in [1.82, 2.24) is 4.90 Å². The van der Waals surface area contributed by atoms with Gasteiger partial charge in [0, 0.05) is 30.7 Å². The number of carbonyl (C=O) groups is 1. The highest BCUT2D eigenvalue weighted by Crippen LogP contribution is 2.31. The Morgan fingerprint density at radius 2 is 1.98 bits per heavy atom. The Labute approximate surface area is 253 Å². The number of benzene rings is 3. The molecule has 0 radical (unpaired) electrons. The monoisotopic (exact) mass is 636 g/mol. The van der Waals surface area contributed by atoms with Gasteiger partial charge in [-0.3, -0.25) is 9.69 Å². The maximum absolute atomic E-state index is 14.1. The van der Waals surface area contributed by atoms with E-state index >= 15 is 0 Å². The quantitative estimate of drug-likeness (QED) is 0.265. The van der Waals surface area contributed by atoms with Gasteiger partial charge in [-0.25, -0.2) is 4.39 Å². The summed E-state index contributed by atoms with van der Waals surface area (Å²) in [6, 6.07) is 17.6. The van der Waals surface area contributed by atoms with Crippen LogP contribution in [-0.2, 0) is 16.1 Å². The second-order valence-electron chi connectivity index (χ2n) is 10.6. The van der Waals surface area contributed by atoms with E-state index < -0.39 is 5.82 Å². The highest BCUT2D eigenvalue weighted by atomic mass is 79.9. The lowest BCUT2D eigenvalue weighted by atomic mass is 10.1. The van der Waals surface area contributed by atoms with Crippen molar-refractivity contribution in [2.75, 3.05) is 43.4 Å². The van der Waals surface area contributed by atoms with Crippen LogP contribution >= 0.6 is 15.9 Å². The fourth-order valence-corrected chi connectivity index (χ4v) is 5.61. The van der Waals surface area contributed by atoms with E-state index in [4.69, 9.17) is 19.5 Å². The van der Waals surface area contributed by atoms with Crippen LogP contribution in [0.3, 0.4) is 0 Å². The average Bonchev–Trinajstić information content (AvgIpc) is 2.94. The molecule has 2 fully saturated rings. The fourth-order valence-electron chi connectivity index (χ4n) is 5.03. The van der Waals surface area contributed by atoms with Gasteiger partial charge in [-0.15, -0.1) is 0 Å². The molecule has 2 N–H and O–H groups in total. The van der Waals surface area contributed by atoms with Crippen LogP contribution in [0.15, 0.2) is 59.1 Å². The van der Waals surface area contributed by atoms with Gasteiger partial charge < -0.3 is 24.8 Å². The van der Waals surface area contributed by atoms with E-state index in [9.17, 15) is 9.18 Å². The highest BCUT2D eigenvalue weighted by Gasteiger charge is 2.23. The number of amides is 1. The van der Waals surface area contributed by atoms with Gasteiger partial charge in [-0.1, -0.05) is 28.1 Å². The van der Waals surface area contributed by atoms with Crippen LogP contribution in [0.2, 0.25) is 0 Å². The largest absolute Gasteiger partial charge is 0.490 e. The summed E-state index contributed by atoms with van der Waals surface area (Å²) < 4.78 is 32.5. The molecule has 10 heteroatoms. The third-order valence-electron chi connectivity index (χ3n) is 7.44. The molecule has 2 saturated heterocycles. The molecule has 3 aromatic carbocycles. The molecule has 8 nitrogen and oxygen atoms in total. The van der Waals surface area contributed by atoms with Crippen molar-refractivity contribution in [2.24, 2.45) is 0 Å². The van der Waals surface area contributed by atoms with Gasteiger partial charge in [0.2, 0.25) is 5.91 Å². The van der Waals surface area contributed by atoms with Crippen LogP contribution in [0.4, 0.5) is 15.8 Å². The predicted octanol–water partition coefficient (Wildman–Crippen LogP) is 6.03. The zero-order valence-corrected chi connectivity index (χ0v) is 25.1. The number of piperidine rings is 1. The molecule has 0 aromatic heterocycles. The zero-order chi connectivity index (χ0) is 29.5. The molecule has 0 spiro atoms. The minimum Gasteiger partial charge on any atom is -0.490 e. The molecule has 0 saturated carbocycles. The van der Waals surface area contributed by atoms with Crippen molar-refractivity contribution in [2.45, 2.75) is 45.0 Å². The van der Waals surface area contributed by atoms with E-state index in [1.54, 1.807) is 0 Å². The molecule has 42 heavy (non-hydrogen) atoms. The van der Waals surface area contributed by atoms with E-state index in [1.807, 2.05) is 49.4 Å². The topological polar surface area (TPSA) is 95.8 Å². The third-order valence-corrected chi connectivity index (χ3v) is 7.89. The standard InChI is InChI=1S/C32H34BrFN4O4/c1-21-13-24(33)16-29(36-18-27-9-12-40-27)32(21)37-31(39)19-38-10-7-25(8-11-38)42-26-4-2-3-23(14-26)20-41-30-6-5-22(17-35)15-28(30)34/h2-6,13-16,25,27,36H,7-12,18-20H2,1H3,(H,37,39). The van der Waals surface area contributed by atoms with Crippen LogP contribution in [0.25, 0.3) is 0 Å². The molecular formula is C32H34BrFN4O4.